The van der Waals surface area contributed by atoms with E-state index < -0.39 is 33.5 Å². The number of pyridine rings is 1. The molecule has 3 atom stereocenters. The molecule has 4 heterocycles. The van der Waals surface area contributed by atoms with Crippen LogP contribution in [0.2, 0.25) is 0 Å². The number of sulfonamides is 1. The molecule has 3 aliphatic rings. The van der Waals surface area contributed by atoms with Crippen LogP contribution >= 0.6 is 0 Å². The molecule has 1 N–H and O–H groups in total. The van der Waals surface area contributed by atoms with Crippen LogP contribution in [0.4, 0.5) is 10.5 Å². The molecule has 2 fully saturated rings. The molecule has 0 aliphatic carbocycles. The summed E-state index contributed by atoms with van der Waals surface area (Å²) in [6, 6.07) is 12.6. The van der Waals surface area contributed by atoms with Gasteiger partial charge in [-0.2, -0.15) is 5.26 Å². The Kier molecular flexibility index (Phi) is 10.1. The molecule has 0 bridgehead atoms. The number of likely N-dealkylation sites (N-methyl/N-ethyl adjacent to an activating group) is 1. The summed E-state index contributed by atoms with van der Waals surface area (Å²) >= 11 is 0. The largest absolute Gasteiger partial charge is 0.497 e. The number of piperidine rings is 1. The van der Waals surface area contributed by atoms with Crippen LogP contribution in [0.15, 0.2) is 59.6 Å². The smallest absolute Gasteiger partial charge is 0.407 e. The molecule has 0 saturated carbocycles. The van der Waals surface area contributed by atoms with Gasteiger partial charge >= 0.3 is 6.09 Å². The highest BCUT2D eigenvalue weighted by atomic mass is 32.2. The summed E-state index contributed by atoms with van der Waals surface area (Å²) in [5.41, 5.74) is -1.45. The maximum atomic E-state index is 15.7. The summed E-state index contributed by atoms with van der Waals surface area (Å²) < 4.78 is 47.2. The molecule has 15 heteroatoms. The van der Waals surface area contributed by atoms with Gasteiger partial charge in [0.25, 0.3) is 15.9 Å². The van der Waals surface area contributed by atoms with Crippen LogP contribution in [0.5, 0.6) is 17.4 Å². The van der Waals surface area contributed by atoms with Gasteiger partial charge in [0.2, 0.25) is 5.88 Å². The molecule has 51 heavy (non-hydrogen) atoms. The fourth-order valence-corrected chi connectivity index (χ4v) is 9.49. The van der Waals surface area contributed by atoms with Crippen molar-refractivity contribution in [3.05, 3.63) is 71.4 Å². The van der Waals surface area contributed by atoms with Gasteiger partial charge in [-0.25, -0.2) is 22.5 Å². The molecule has 1 aromatic heterocycles. The molecule has 14 nitrogen and oxygen atoms in total. The van der Waals surface area contributed by atoms with E-state index in [-0.39, 0.29) is 64.5 Å². The highest BCUT2D eigenvalue weighted by Gasteiger charge is 2.64. The van der Waals surface area contributed by atoms with Gasteiger partial charge in [0, 0.05) is 62.2 Å². The second-order valence-electron chi connectivity index (χ2n) is 12.7. The van der Waals surface area contributed by atoms with Gasteiger partial charge in [-0.3, -0.25) is 9.69 Å². The Bertz CT molecular complexity index is 1960. The van der Waals surface area contributed by atoms with Crippen LogP contribution < -0.4 is 18.5 Å². The SMILES string of the molecule is CCOc1ncccc1C1(C2CC(N3CCN(CC)CC3)CCN2C(=O)O)C(=O)N(S(=O)(=O)c2ccc(OC)cc2OC)c2ccc(C#N)cc21. The number of nitrogens with zero attached hydrogens (tertiary/aromatic N) is 6. The van der Waals surface area contributed by atoms with Gasteiger partial charge in [0.15, 0.2) is 0 Å². The van der Waals surface area contributed by atoms with E-state index in [1.54, 1.807) is 19.1 Å². The van der Waals surface area contributed by atoms with E-state index in [4.69, 9.17) is 14.2 Å². The Labute approximate surface area is 297 Å². The summed E-state index contributed by atoms with van der Waals surface area (Å²) in [6.45, 7) is 8.31. The van der Waals surface area contributed by atoms with Crippen LogP contribution in [0.1, 0.15) is 43.4 Å². The predicted octanol–water partition coefficient (Wildman–Crippen LogP) is 3.54. The summed E-state index contributed by atoms with van der Waals surface area (Å²) in [7, 11) is -1.99. The molecule has 3 unspecified atom stereocenters. The molecule has 0 spiro atoms. The van der Waals surface area contributed by atoms with Crippen molar-refractivity contribution in [2.45, 2.75) is 49.1 Å². The summed E-state index contributed by atoms with van der Waals surface area (Å²) in [5, 5.41) is 20.9. The lowest BCUT2D eigenvalue weighted by Gasteiger charge is -2.50. The number of benzene rings is 2. The van der Waals surface area contributed by atoms with E-state index in [1.807, 2.05) is 0 Å². The minimum atomic E-state index is -4.74. The predicted molar refractivity (Wildman–Crippen MR) is 187 cm³/mol. The number of piperazine rings is 1. The zero-order valence-electron chi connectivity index (χ0n) is 29.1. The lowest BCUT2D eigenvalue weighted by Crippen LogP contribution is -2.64. The monoisotopic (exact) mass is 718 g/mol. The number of rotatable bonds is 10. The minimum absolute atomic E-state index is 0.00723. The van der Waals surface area contributed by atoms with Crippen LogP contribution in [0, 0.1) is 11.3 Å². The van der Waals surface area contributed by atoms with Crippen LogP contribution in [-0.2, 0) is 20.2 Å². The van der Waals surface area contributed by atoms with Gasteiger partial charge in [0.1, 0.15) is 21.8 Å². The maximum absolute atomic E-state index is 15.7. The van der Waals surface area contributed by atoms with Crippen LogP contribution in [0.25, 0.3) is 0 Å². The number of likely N-dealkylation sites (tertiary alicyclic amines) is 1. The zero-order chi connectivity index (χ0) is 36.5. The molecule has 270 valence electrons. The van der Waals surface area contributed by atoms with Crippen molar-refractivity contribution < 1.29 is 37.3 Å². The van der Waals surface area contributed by atoms with Crippen molar-refractivity contribution in [1.29, 1.82) is 5.26 Å². The van der Waals surface area contributed by atoms with Crippen LogP contribution in [0.3, 0.4) is 0 Å². The molecule has 6 rings (SSSR count). The number of carbonyl (C=O) groups is 2. The Balaban J connectivity index is 1.63. The third-order valence-corrected chi connectivity index (χ3v) is 12.1. The van der Waals surface area contributed by atoms with Crippen molar-refractivity contribution in [1.82, 2.24) is 19.7 Å². The molecule has 2 amide bonds. The van der Waals surface area contributed by atoms with E-state index >= 15 is 4.79 Å². The van der Waals surface area contributed by atoms with Gasteiger partial charge in [-0.05, 0) is 62.7 Å². The molecule has 3 aliphatic heterocycles. The van der Waals surface area contributed by atoms with Gasteiger partial charge in [0.05, 0.1) is 44.2 Å². The molecular weight excluding hydrogens is 676 g/mol. The number of methoxy groups -OCH3 is 2. The topological polar surface area (TPSA) is 166 Å². The first-order valence-electron chi connectivity index (χ1n) is 17.0. The first-order valence-corrected chi connectivity index (χ1v) is 18.4. The zero-order valence-corrected chi connectivity index (χ0v) is 29.9. The fourth-order valence-electron chi connectivity index (χ4n) is 7.88. The van der Waals surface area contributed by atoms with Crippen molar-refractivity contribution in [3.63, 3.8) is 0 Å². The number of nitriles is 1. The average Bonchev–Trinajstić information content (AvgIpc) is 3.42. The number of carbonyl (C=O) groups excluding carboxylic acids is 1. The normalized spacial score (nSPS) is 22.7. The first kappa shape index (κ1) is 35.9. The second-order valence-corrected chi connectivity index (χ2v) is 14.4. The summed E-state index contributed by atoms with van der Waals surface area (Å²) in [5.74, 6) is -0.560. The number of carboxylic acid groups (broad SMARTS) is 1. The van der Waals surface area contributed by atoms with Crippen LogP contribution in [-0.4, -0.2) is 117 Å². The molecular formula is C36H42N6O8S. The Morgan fingerprint density at radius 1 is 1.04 bits per heavy atom. The molecule has 0 radical (unpaired) electrons. The number of hydrogen-bond donors (Lipinski definition) is 1. The molecule has 3 aromatic rings. The van der Waals surface area contributed by atoms with Gasteiger partial charge < -0.3 is 29.1 Å². The number of hydrogen-bond acceptors (Lipinski definition) is 11. The quantitative estimate of drug-likeness (QED) is 0.325. The first-order chi connectivity index (χ1) is 24.6. The van der Waals surface area contributed by atoms with E-state index in [1.165, 1.54) is 61.7 Å². The fraction of sp³-hybridized carbons (Fsp3) is 0.444. The number of aromatic nitrogens is 1. The Hall–Kier alpha value is -4.91. The second kappa shape index (κ2) is 14.4. The third kappa shape index (κ3) is 6.00. The number of anilines is 1. The molecule has 2 aromatic carbocycles. The van der Waals surface area contributed by atoms with E-state index in [0.717, 1.165) is 37.0 Å². The standard InChI is InChI=1S/C36H42N6O8S/c1-5-39-16-18-40(19-17-39)25-13-15-41(35(44)45)32(21-25)36(27-8-7-14-38-33(27)50-6-2)28-20-24(23-37)9-11-29(28)42(34(36)43)51(46,47)31-12-10-26(48-3)22-30(31)49-4/h7-12,14,20,22,25,32H,5-6,13,15-19,21H2,1-4H3,(H,44,45). The van der Waals surface area contributed by atoms with Gasteiger partial charge in [-0.1, -0.05) is 13.0 Å². The van der Waals surface area contributed by atoms with E-state index in [9.17, 15) is 23.6 Å². The van der Waals surface area contributed by atoms with Crippen molar-refractivity contribution in [3.8, 4) is 23.4 Å². The number of fused-ring (bicyclic) bond motifs is 1. The lowest BCUT2D eigenvalue weighted by molar-refractivity contribution is -0.123. The van der Waals surface area contributed by atoms with E-state index in [0.29, 0.717) is 12.2 Å². The minimum Gasteiger partial charge on any atom is -0.497 e. The highest BCUT2D eigenvalue weighted by molar-refractivity contribution is 7.93. The number of ether oxygens (including phenoxy) is 3. The maximum Gasteiger partial charge on any atom is 0.407 e. The molecule has 2 saturated heterocycles. The lowest BCUT2D eigenvalue weighted by atomic mass is 9.66. The van der Waals surface area contributed by atoms with Crippen molar-refractivity contribution in [2.24, 2.45) is 0 Å². The highest BCUT2D eigenvalue weighted by Crippen LogP contribution is 2.55. The third-order valence-electron chi connectivity index (χ3n) is 10.3. The van der Waals surface area contributed by atoms with E-state index in [2.05, 4.69) is 27.8 Å². The number of amides is 2. The van der Waals surface area contributed by atoms with Gasteiger partial charge in [-0.15, -0.1) is 0 Å². The Morgan fingerprint density at radius 2 is 1.80 bits per heavy atom. The summed E-state index contributed by atoms with van der Waals surface area (Å²) in [6.07, 6.45) is 0.984. The average molecular weight is 719 g/mol. The summed E-state index contributed by atoms with van der Waals surface area (Å²) in [4.78, 5) is 39.0. The van der Waals surface area contributed by atoms with Crippen molar-refractivity contribution in [2.75, 3.05) is 64.4 Å². The Morgan fingerprint density at radius 3 is 2.45 bits per heavy atom. The van der Waals surface area contributed by atoms with Crippen molar-refractivity contribution >= 4 is 27.7 Å².